The number of anilines is 2. The predicted octanol–water partition coefficient (Wildman–Crippen LogP) is 4.20. The highest BCUT2D eigenvalue weighted by Crippen LogP contribution is 2.34. The van der Waals surface area contributed by atoms with Gasteiger partial charge in [-0.3, -0.25) is 0 Å². The van der Waals surface area contributed by atoms with Crippen LogP contribution in [-0.4, -0.2) is 47.4 Å². The van der Waals surface area contributed by atoms with Crippen LogP contribution in [-0.2, 0) is 10.2 Å². The van der Waals surface area contributed by atoms with E-state index in [9.17, 15) is 0 Å². The van der Waals surface area contributed by atoms with Gasteiger partial charge in [0.1, 0.15) is 5.82 Å². The number of nitrogens with zero attached hydrogens (tertiary/aromatic N) is 3. The molecule has 0 saturated carbocycles. The molecule has 1 aromatic heterocycles. The molecule has 2 aliphatic rings. The molecule has 7 heteroatoms. The fourth-order valence-electron chi connectivity index (χ4n) is 4.71. The Labute approximate surface area is 190 Å². The summed E-state index contributed by atoms with van der Waals surface area (Å²) in [6.45, 7) is 7.63. The molecule has 1 atom stereocenters. The van der Waals surface area contributed by atoms with Gasteiger partial charge in [0.25, 0.3) is 0 Å². The average Bonchev–Trinajstić information content (AvgIpc) is 2.79. The summed E-state index contributed by atoms with van der Waals surface area (Å²) < 4.78 is 5.64. The maximum absolute atomic E-state index is 5.64. The lowest BCUT2D eigenvalue weighted by atomic mass is 9.74. The quantitative estimate of drug-likeness (QED) is 0.677. The zero-order chi connectivity index (χ0) is 21.7. The van der Waals surface area contributed by atoms with Crippen molar-refractivity contribution in [3.8, 4) is 0 Å². The summed E-state index contributed by atoms with van der Waals surface area (Å²) >= 11 is 5.62. The first-order chi connectivity index (χ1) is 15.1. The minimum Gasteiger partial charge on any atom is -0.381 e. The SMILES string of the molecule is Cc1cc(N2CCCCC2C)nc(NC(=S)NCC2(c3ccccc3)CCOCC2)n1. The highest BCUT2D eigenvalue weighted by Gasteiger charge is 2.34. The molecule has 3 heterocycles. The standard InChI is InChI=1S/C24H33N5OS/c1-18-16-21(29-13-7-6-8-19(29)2)27-22(26-18)28-23(31)25-17-24(11-14-30-15-12-24)20-9-4-3-5-10-20/h3-5,9-10,16,19H,6-8,11-15,17H2,1-2H3,(H2,25,26,27,28,31). The minimum atomic E-state index is 0.0209. The number of piperidine rings is 1. The molecule has 2 N–H and O–H groups in total. The van der Waals surface area contributed by atoms with E-state index in [-0.39, 0.29) is 5.41 Å². The number of aryl methyl sites for hydroxylation is 1. The molecule has 0 spiro atoms. The van der Waals surface area contributed by atoms with Gasteiger partial charge < -0.3 is 20.3 Å². The van der Waals surface area contributed by atoms with Gasteiger partial charge in [-0.1, -0.05) is 30.3 Å². The van der Waals surface area contributed by atoms with E-state index in [2.05, 4.69) is 63.8 Å². The van der Waals surface area contributed by atoms with Crippen LogP contribution < -0.4 is 15.5 Å². The van der Waals surface area contributed by atoms with Gasteiger partial charge in [0.15, 0.2) is 5.11 Å². The fourth-order valence-corrected chi connectivity index (χ4v) is 4.87. The summed E-state index contributed by atoms with van der Waals surface area (Å²) in [6.07, 6.45) is 5.66. The van der Waals surface area contributed by atoms with Gasteiger partial charge in [0, 0.05) is 49.5 Å². The molecule has 0 radical (unpaired) electrons. The molecule has 1 aromatic carbocycles. The second-order valence-corrected chi connectivity index (χ2v) is 9.20. The topological polar surface area (TPSA) is 62.3 Å². The molecule has 0 amide bonds. The Morgan fingerprint density at radius 3 is 2.71 bits per heavy atom. The Balaban J connectivity index is 1.43. The van der Waals surface area contributed by atoms with Crippen LogP contribution in [0.5, 0.6) is 0 Å². The summed E-state index contributed by atoms with van der Waals surface area (Å²) in [6, 6.07) is 13.3. The molecule has 2 saturated heterocycles. The maximum Gasteiger partial charge on any atom is 0.231 e. The van der Waals surface area contributed by atoms with E-state index in [0.29, 0.717) is 17.1 Å². The summed E-state index contributed by atoms with van der Waals surface area (Å²) in [4.78, 5) is 11.7. The van der Waals surface area contributed by atoms with Crippen molar-refractivity contribution in [3.63, 3.8) is 0 Å². The number of aromatic nitrogens is 2. The zero-order valence-corrected chi connectivity index (χ0v) is 19.4. The van der Waals surface area contributed by atoms with Gasteiger partial charge in [-0.15, -0.1) is 0 Å². The number of ether oxygens (including phenoxy) is 1. The summed E-state index contributed by atoms with van der Waals surface area (Å²) in [7, 11) is 0. The molecule has 31 heavy (non-hydrogen) atoms. The molecular weight excluding hydrogens is 406 g/mol. The zero-order valence-electron chi connectivity index (χ0n) is 18.6. The Hall–Kier alpha value is -2.25. The lowest BCUT2D eigenvalue weighted by Crippen LogP contribution is -2.45. The van der Waals surface area contributed by atoms with Crippen LogP contribution in [0.3, 0.4) is 0 Å². The smallest absolute Gasteiger partial charge is 0.231 e. The molecule has 2 fully saturated rings. The van der Waals surface area contributed by atoms with E-state index in [1.54, 1.807) is 0 Å². The van der Waals surface area contributed by atoms with Crippen LogP contribution in [0.2, 0.25) is 0 Å². The number of nitrogens with one attached hydrogen (secondary N) is 2. The van der Waals surface area contributed by atoms with Crippen molar-refractivity contribution in [2.75, 3.05) is 36.5 Å². The molecule has 2 aromatic rings. The molecule has 6 nitrogen and oxygen atoms in total. The van der Waals surface area contributed by atoms with Crippen molar-refractivity contribution in [1.29, 1.82) is 0 Å². The van der Waals surface area contributed by atoms with Gasteiger partial charge in [0.05, 0.1) is 0 Å². The number of hydrogen-bond acceptors (Lipinski definition) is 5. The van der Waals surface area contributed by atoms with Gasteiger partial charge in [-0.05, 0) is 63.7 Å². The molecule has 1 unspecified atom stereocenters. The normalized spacial score (nSPS) is 20.8. The van der Waals surface area contributed by atoms with Crippen LogP contribution in [0.4, 0.5) is 11.8 Å². The van der Waals surface area contributed by atoms with E-state index < -0.39 is 0 Å². The van der Waals surface area contributed by atoms with Crippen LogP contribution >= 0.6 is 12.2 Å². The second-order valence-electron chi connectivity index (χ2n) is 8.80. The maximum atomic E-state index is 5.64. The number of benzene rings is 1. The summed E-state index contributed by atoms with van der Waals surface area (Å²) in [5.41, 5.74) is 2.30. The van der Waals surface area contributed by atoms with E-state index >= 15 is 0 Å². The first kappa shape index (κ1) is 22.0. The van der Waals surface area contributed by atoms with Crippen molar-refractivity contribution in [2.24, 2.45) is 0 Å². The Bertz CT molecular complexity index is 885. The van der Waals surface area contributed by atoms with Crippen LogP contribution in [0.15, 0.2) is 36.4 Å². The third kappa shape index (κ3) is 5.33. The average molecular weight is 440 g/mol. The third-order valence-electron chi connectivity index (χ3n) is 6.59. The molecule has 4 rings (SSSR count). The van der Waals surface area contributed by atoms with Gasteiger partial charge in [-0.25, -0.2) is 4.98 Å². The Morgan fingerprint density at radius 1 is 1.19 bits per heavy atom. The van der Waals surface area contributed by atoms with E-state index in [4.69, 9.17) is 21.9 Å². The number of hydrogen-bond donors (Lipinski definition) is 2. The van der Waals surface area contributed by atoms with Crippen LogP contribution in [0.1, 0.15) is 50.3 Å². The first-order valence-corrected chi connectivity index (χ1v) is 11.8. The lowest BCUT2D eigenvalue weighted by Gasteiger charge is -2.38. The summed E-state index contributed by atoms with van der Waals surface area (Å²) in [5, 5.41) is 7.22. The summed E-state index contributed by atoms with van der Waals surface area (Å²) in [5.74, 6) is 1.54. The van der Waals surface area contributed by atoms with Gasteiger partial charge in [0.2, 0.25) is 5.95 Å². The van der Waals surface area contributed by atoms with Crippen LogP contribution in [0, 0.1) is 6.92 Å². The second kappa shape index (κ2) is 9.92. The highest BCUT2D eigenvalue weighted by atomic mass is 32.1. The highest BCUT2D eigenvalue weighted by molar-refractivity contribution is 7.80. The van der Waals surface area contributed by atoms with Crippen molar-refractivity contribution in [3.05, 3.63) is 47.7 Å². The molecular formula is C24H33N5OS. The van der Waals surface area contributed by atoms with Crippen molar-refractivity contribution < 1.29 is 4.74 Å². The van der Waals surface area contributed by atoms with Crippen molar-refractivity contribution in [1.82, 2.24) is 15.3 Å². The monoisotopic (exact) mass is 439 g/mol. The number of rotatable bonds is 5. The Kier molecular flexibility index (Phi) is 7.02. The Morgan fingerprint density at radius 2 is 1.97 bits per heavy atom. The molecule has 2 aliphatic heterocycles. The van der Waals surface area contributed by atoms with Gasteiger partial charge in [-0.2, -0.15) is 4.98 Å². The fraction of sp³-hybridized carbons (Fsp3) is 0.542. The first-order valence-electron chi connectivity index (χ1n) is 11.4. The number of thiocarbonyl (C=S) groups is 1. The van der Waals surface area contributed by atoms with Crippen molar-refractivity contribution >= 4 is 29.1 Å². The lowest BCUT2D eigenvalue weighted by molar-refractivity contribution is 0.0515. The van der Waals surface area contributed by atoms with Crippen molar-refractivity contribution in [2.45, 2.75) is 57.4 Å². The molecule has 0 aliphatic carbocycles. The molecule has 0 bridgehead atoms. The minimum absolute atomic E-state index is 0.0209. The van der Waals surface area contributed by atoms with E-state index in [0.717, 1.165) is 50.7 Å². The third-order valence-corrected chi connectivity index (χ3v) is 6.83. The van der Waals surface area contributed by atoms with E-state index in [1.165, 1.54) is 24.8 Å². The predicted molar refractivity (Wildman–Crippen MR) is 130 cm³/mol. The van der Waals surface area contributed by atoms with Crippen LogP contribution in [0.25, 0.3) is 0 Å². The molecule has 166 valence electrons. The van der Waals surface area contributed by atoms with Gasteiger partial charge >= 0.3 is 0 Å². The largest absolute Gasteiger partial charge is 0.381 e. The van der Waals surface area contributed by atoms with E-state index in [1.807, 2.05) is 6.92 Å².